The van der Waals surface area contributed by atoms with Gasteiger partial charge in [0, 0.05) is 1640 Å². The largest absolute Gasteiger partial charge is 0.125 e. The van der Waals surface area contributed by atoms with Crippen molar-refractivity contribution < 1.29 is 1640 Å². The van der Waals surface area contributed by atoms with E-state index in [0.717, 1.165) is 0 Å². The quantitative estimate of drug-likeness (QED) is 0.229. The zero-order valence-corrected chi connectivity index (χ0v) is 195. The van der Waals surface area contributed by atoms with Crippen LogP contribution in [0.15, 0.2) is 0 Å². The molecule has 0 fully saturated rings. The third kappa shape index (κ3) is 137. The van der Waals surface area contributed by atoms with E-state index in [9.17, 15) is 0 Å². The van der Waals surface area contributed by atoms with Crippen molar-refractivity contribution in [3.05, 3.63) is 113 Å². The second-order valence-electron chi connectivity index (χ2n) is 10.7. The molecule has 0 N–H and O–H groups in total. The van der Waals surface area contributed by atoms with E-state index in [1.54, 1.807) is 0 Å². The molecule has 50 heteroatoms. The summed E-state index contributed by atoms with van der Waals surface area (Å²) in [6.45, 7) is 31.9. The molecule has 0 bridgehead atoms. The van der Waals surface area contributed by atoms with Crippen LogP contribution < -0.4 is 0 Å². The van der Waals surface area contributed by atoms with E-state index in [-0.39, 0.29) is 1640 Å². The van der Waals surface area contributed by atoms with Crippen molar-refractivity contribution in [3.63, 3.8) is 0 Å². The Morgan fingerprint density at radius 3 is 0.250 bits per heavy atom. The van der Waals surface area contributed by atoms with E-state index in [2.05, 4.69) is 110 Å². The van der Waals surface area contributed by atoms with Crippen LogP contribution in [0.25, 0.3) is 0 Å². The average Bonchev–Trinajstić information content (AvgIpc) is 2.81. The van der Waals surface area contributed by atoms with Crippen molar-refractivity contribution in [1.29, 1.82) is 0 Å². The zero-order chi connectivity index (χ0) is 25.8. The Bertz CT molecular complexity index is 1240. The summed E-state index contributed by atoms with van der Waals surface area (Å²) in [6, 6.07) is 0. The van der Waals surface area contributed by atoms with Crippen molar-refractivity contribution in [2.45, 2.75) is 96.9 Å². The maximum Gasteiger partial charge on any atom is 0 e. The molecule has 0 atom stereocenters. The molecule has 0 saturated heterocycles. The average molecular weight is 4900 g/mol. The van der Waals surface area contributed by atoms with Crippen LogP contribution in [-0.4, -0.2) is 0 Å². The van der Waals surface area contributed by atoms with Crippen LogP contribution in [-0.2, 0) is 1640 Å². The van der Waals surface area contributed by atoms with Crippen LogP contribution in [0.1, 0.15) is 100 Å². The summed E-state index contributed by atoms with van der Waals surface area (Å²) in [5.74, 6) is 0. The van der Waals surface area contributed by atoms with Gasteiger partial charge in [-0.3, -0.25) is 0 Å². The SMILES string of the molecule is Cc1c(C)c(C)c([CH-]c2c(C)c(C)c(C)c([CH-]c3c(C)c(C)c(C)c(C)c3C)c2C)c(C)c1C.[Y].[Y].[Y].[Y].[Y].[Y].[Y].[Y].[Y].[Y].[Y].[Y].[Y].[Y].[Y].[Y].[Y].[Y].[Y].[Y].[Y].[Y].[Y].[Y].[Y].[Y].[Y].[Y].[Y].[Y].[Y].[Y].[Y].[Y].[Y].[Y].[Y].[Y].[Y].[Y].[Y].[Y].[Y].[Y].[Y].[Y].[Y].[Y].[Y].[Y]. The summed E-state index contributed by atoms with van der Waals surface area (Å²) in [5.41, 5.74) is 25.2. The normalized spacial score (nSPS) is 4.55. The Morgan fingerprint density at radius 1 is 0.0952 bits per heavy atom. The van der Waals surface area contributed by atoms with Crippen molar-refractivity contribution >= 4 is 0 Å². The van der Waals surface area contributed by atoms with Crippen molar-refractivity contribution in [3.8, 4) is 0 Å². The molecule has 0 saturated carbocycles. The van der Waals surface area contributed by atoms with Gasteiger partial charge in [-0.1, -0.05) is 88.8 Å². The molecule has 332 valence electrons. The predicted octanol–water partition coefficient (Wildman–Crippen LogP) is 9.08. The molecule has 84 heavy (non-hydrogen) atoms. The molecule has 0 aromatic heterocycles. The molecule has 0 heterocycles. The number of hydrogen-bond donors (Lipinski definition) is 0. The third-order valence-corrected chi connectivity index (χ3v) is 9.43. The van der Waals surface area contributed by atoms with Gasteiger partial charge in [0.25, 0.3) is 0 Å². The van der Waals surface area contributed by atoms with Gasteiger partial charge in [0.1, 0.15) is 0 Å². The summed E-state index contributed by atoms with van der Waals surface area (Å²) < 4.78 is 0. The van der Waals surface area contributed by atoms with Gasteiger partial charge < -0.3 is 0 Å². The van der Waals surface area contributed by atoms with E-state index in [1.165, 1.54) is 100 Å². The van der Waals surface area contributed by atoms with E-state index in [4.69, 9.17) is 0 Å². The van der Waals surface area contributed by atoms with E-state index < -0.39 is 0 Å². The van der Waals surface area contributed by atoms with Gasteiger partial charge in [-0.2, -0.15) is 0 Å². The first kappa shape index (κ1) is 320. The van der Waals surface area contributed by atoms with Crippen LogP contribution in [0.3, 0.4) is 0 Å². The maximum atomic E-state index is 2.46. The summed E-state index contributed by atoms with van der Waals surface area (Å²) in [4.78, 5) is 0. The molecule has 3 rings (SSSR count). The minimum Gasteiger partial charge on any atom is -0.125 e. The third-order valence-electron chi connectivity index (χ3n) is 9.43. The summed E-state index contributed by atoms with van der Waals surface area (Å²) >= 11 is 0. The second kappa shape index (κ2) is 208. The predicted molar refractivity (Wildman–Crippen MR) is 151 cm³/mol. The Kier molecular flexibility index (Phi) is 793. The summed E-state index contributed by atoms with van der Waals surface area (Å²) in [6.07, 6.45) is 4.92. The zero-order valence-electron chi connectivity index (χ0n) is 53.0. The van der Waals surface area contributed by atoms with Crippen LogP contribution in [0.5, 0.6) is 0 Å². The minimum absolute atomic E-state index is 0. The van der Waals surface area contributed by atoms with Crippen LogP contribution in [0.4, 0.5) is 0 Å². The monoisotopic (exact) mass is 4900 g/mol. The standard InChI is InChI=1S/C34H44.50Y/c1-17-19(3)24(8)31(25(9)20(17)4)15-33-28(12)23(7)29(13)34(30(33)14)16-32-26(10)21(5)18(2)22(6)27(32)11;;;;;;;;;;;;;;;;;;;;;;;;;;;;;;;;;;;;;;;;;;;;;;;;;;/h15-16H,1-14H3;;;;;;;;;;;;;;;;;;;;;;;;;;;;;;;;;;;;;;;;;;;;;;;;;;/q-2;;;;;;;;;;;;;;;;;;;;;;;;;;;;;;;;;;;;;;;;;;;;;;;;;;. The topological polar surface area (TPSA) is 0 Å². The fourth-order valence-corrected chi connectivity index (χ4v) is 5.61. The number of rotatable bonds is 4. The molecular formula is C34H44Y50-2. The van der Waals surface area contributed by atoms with Gasteiger partial charge in [-0.05, 0) is 41.5 Å². The first-order valence-electron chi connectivity index (χ1n) is 12.7. The smallest absolute Gasteiger partial charge is 0 e. The number of benzene rings is 3. The van der Waals surface area contributed by atoms with Gasteiger partial charge in [0.2, 0.25) is 0 Å². The Balaban J connectivity index is -0.00000000563. The summed E-state index contributed by atoms with van der Waals surface area (Å²) in [7, 11) is 0. The van der Waals surface area contributed by atoms with Gasteiger partial charge in [0.15, 0.2) is 0 Å². The molecule has 50 radical (unpaired) electrons. The molecule has 0 aliphatic carbocycles. The van der Waals surface area contributed by atoms with Crippen molar-refractivity contribution in [2.75, 3.05) is 0 Å². The van der Waals surface area contributed by atoms with E-state index >= 15 is 0 Å². The molecule has 0 aliphatic heterocycles. The van der Waals surface area contributed by atoms with E-state index in [1.807, 2.05) is 0 Å². The molecule has 0 nitrogen and oxygen atoms in total. The molecule has 3 aromatic carbocycles. The molecule has 0 spiro atoms. The minimum atomic E-state index is 0. The van der Waals surface area contributed by atoms with Crippen LogP contribution >= 0.6 is 0 Å². The fourth-order valence-electron chi connectivity index (χ4n) is 5.61. The molecule has 0 aliphatic rings. The van der Waals surface area contributed by atoms with Gasteiger partial charge in [0.05, 0.1) is 0 Å². The molecule has 3 aromatic rings. The fraction of sp³-hybridized carbons (Fsp3) is 0.412. The van der Waals surface area contributed by atoms with Crippen molar-refractivity contribution in [1.82, 2.24) is 0 Å². The first-order chi connectivity index (χ1) is 15.7. The van der Waals surface area contributed by atoms with Gasteiger partial charge >= 0.3 is 0 Å². The van der Waals surface area contributed by atoms with E-state index in [0.29, 0.717) is 0 Å². The maximum absolute atomic E-state index is 2.46. The molecule has 0 unspecified atom stereocenters. The van der Waals surface area contributed by atoms with Crippen molar-refractivity contribution in [2.24, 2.45) is 0 Å². The van der Waals surface area contributed by atoms with Crippen LogP contribution in [0, 0.1) is 110 Å². The molecule has 0 amide bonds. The van der Waals surface area contributed by atoms with Crippen LogP contribution in [0.2, 0.25) is 0 Å². The molecular weight excluding hydrogens is 4850 g/mol. The summed E-state index contributed by atoms with van der Waals surface area (Å²) in [5, 5.41) is 0. The number of hydrogen-bond acceptors (Lipinski definition) is 0. The Morgan fingerprint density at radius 2 is 0.155 bits per heavy atom. The van der Waals surface area contributed by atoms with Gasteiger partial charge in [-0.25, -0.2) is 0 Å². The second-order valence-corrected chi connectivity index (χ2v) is 10.7. The van der Waals surface area contributed by atoms with Gasteiger partial charge in [-0.15, -0.1) is 79.6 Å². The Hall–Kier alpha value is 52.6. The first-order valence-corrected chi connectivity index (χ1v) is 12.7. The Labute approximate surface area is 1780 Å².